The number of carbonyl (C=O) groups excluding carboxylic acids is 1. The van der Waals surface area contributed by atoms with E-state index < -0.39 is 0 Å². The Balaban J connectivity index is 1.50. The minimum absolute atomic E-state index is 0.0807. The Hall–Kier alpha value is -2.95. The van der Waals surface area contributed by atoms with Gasteiger partial charge in [-0.2, -0.15) is 5.10 Å². The molecule has 1 aliphatic heterocycles. The van der Waals surface area contributed by atoms with Gasteiger partial charge >= 0.3 is 0 Å². The topological polar surface area (TPSA) is 38.1 Å². The van der Waals surface area contributed by atoms with E-state index in [1.54, 1.807) is 16.8 Å². The number of rotatable bonds is 4. The van der Waals surface area contributed by atoms with E-state index in [4.69, 9.17) is 0 Å². The number of amides is 1. The smallest absolute Gasteiger partial charge is 0.244 e. The van der Waals surface area contributed by atoms with E-state index in [1.807, 2.05) is 29.2 Å². The summed E-state index contributed by atoms with van der Waals surface area (Å²) in [6.07, 6.45) is 0.839. The molecule has 25 heavy (non-hydrogen) atoms. The van der Waals surface area contributed by atoms with Gasteiger partial charge in [-0.3, -0.25) is 9.48 Å². The third-order valence-electron chi connectivity index (χ3n) is 4.51. The molecule has 0 radical (unpaired) electrons. The zero-order valence-electron chi connectivity index (χ0n) is 13.7. The number of fused-ring (bicyclic) bond motifs is 1. The van der Waals surface area contributed by atoms with Crippen molar-refractivity contribution in [2.45, 2.75) is 19.5 Å². The highest BCUT2D eigenvalue weighted by atomic mass is 19.1. The maximum atomic E-state index is 13.1. The summed E-state index contributed by atoms with van der Waals surface area (Å²) in [6, 6.07) is 18.4. The zero-order valence-corrected chi connectivity index (χ0v) is 13.7. The fourth-order valence-electron chi connectivity index (χ4n) is 3.11. The molecule has 2 aromatic carbocycles. The molecule has 0 fully saturated rings. The van der Waals surface area contributed by atoms with Gasteiger partial charge in [-0.25, -0.2) is 4.39 Å². The highest BCUT2D eigenvalue weighted by Gasteiger charge is 2.24. The van der Waals surface area contributed by atoms with Crippen molar-refractivity contribution in [2.24, 2.45) is 0 Å². The van der Waals surface area contributed by atoms with Crippen LogP contribution in [0.4, 0.5) is 4.39 Å². The van der Waals surface area contributed by atoms with Crippen LogP contribution in [0.5, 0.6) is 0 Å². The molecule has 0 bridgehead atoms. The fraction of sp³-hybridized carbons (Fsp3) is 0.200. The molecule has 1 amide bonds. The summed E-state index contributed by atoms with van der Waals surface area (Å²) in [5.74, 6) is -0.188. The molecular formula is C20H18FN3O. The van der Waals surface area contributed by atoms with E-state index in [0.29, 0.717) is 13.1 Å². The molecular weight excluding hydrogens is 317 g/mol. The van der Waals surface area contributed by atoms with Crippen LogP contribution in [0.1, 0.15) is 11.3 Å². The summed E-state index contributed by atoms with van der Waals surface area (Å²) in [5.41, 5.74) is 3.85. The number of hydrogen-bond acceptors (Lipinski definition) is 2. The van der Waals surface area contributed by atoms with Crippen LogP contribution in [0.3, 0.4) is 0 Å². The number of benzene rings is 2. The van der Waals surface area contributed by atoms with E-state index in [1.165, 1.54) is 17.7 Å². The summed E-state index contributed by atoms with van der Waals surface area (Å²) >= 11 is 0. The Labute approximate surface area is 145 Å². The molecule has 0 spiro atoms. The van der Waals surface area contributed by atoms with Crippen LogP contribution in [-0.4, -0.2) is 27.1 Å². The van der Waals surface area contributed by atoms with Gasteiger partial charge in [-0.15, -0.1) is 0 Å². The molecule has 0 saturated heterocycles. The van der Waals surface area contributed by atoms with E-state index in [0.717, 1.165) is 23.4 Å². The Kier molecular flexibility index (Phi) is 4.06. The maximum Gasteiger partial charge on any atom is 0.244 e. The first-order chi connectivity index (χ1) is 12.2. The Bertz CT molecular complexity index is 887. The second-order valence-electron chi connectivity index (χ2n) is 6.24. The standard InChI is InChI=1S/C20H18FN3O/c21-17-8-6-16(7-9-17)19-12-18-13-23(20(25)14-24(18)22-19)11-10-15-4-2-1-3-5-15/h1-9,12H,10-11,13-14H2. The summed E-state index contributed by atoms with van der Waals surface area (Å²) < 4.78 is 14.8. The summed E-state index contributed by atoms with van der Waals surface area (Å²) in [4.78, 5) is 14.3. The van der Waals surface area contributed by atoms with Gasteiger partial charge in [0.15, 0.2) is 0 Å². The van der Waals surface area contributed by atoms with Crippen molar-refractivity contribution in [3.63, 3.8) is 0 Å². The molecule has 5 heteroatoms. The number of carbonyl (C=O) groups is 1. The summed E-state index contributed by atoms with van der Waals surface area (Å²) in [7, 11) is 0. The Morgan fingerprint density at radius 1 is 1.00 bits per heavy atom. The predicted octanol–water partition coefficient (Wildman–Crippen LogP) is 3.27. The molecule has 126 valence electrons. The fourth-order valence-corrected chi connectivity index (χ4v) is 3.11. The minimum Gasteiger partial charge on any atom is -0.335 e. The van der Waals surface area contributed by atoms with Crippen LogP contribution in [0.2, 0.25) is 0 Å². The minimum atomic E-state index is -0.269. The molecule has 3 aromatic rings. The van der Waals surface area contributed by atoms with Crippen molar-refractivity contribution in [2.75, 3.05) is 6.54 Å². The van der Waals surface area contributed by atoms with Crippen molar-refractivity contribution in [3.05, 3.63) is 77.7 Å². The molecule has 1 aromatic heterocycles. The lowest BCUT2D eigenvalue weighted by Crippen LogP contribution is -2.40. The van der Waals surface area contributed by atoms with Crippen LogP contribution >= 0.6 is 0 Å². The van der Waals surface area contributed by atoms with E-state index >= 15 is 0 Å². The van der Waals surface area contributed by atoms with Gasteiger partial charge in [0.1, 0.15) is 12.4 Å². The monoisotopic (exact) mass is 335 g/mol. The molecule has 4 rings (SSSR count). The van der Waals surface area contributed by atoms with Gasteiger partial charge in [-0.05, 0) is 42.3 Å². The molecule has 0 unspecified atom stereocenters. The van der Waals surface area contributed by atoms with Crippen molar-refractivity contribution in [3.8, 4) is 11.3 Å². The van der Waals surface area contributed by atoms with Crippen LogP contribution in [-0.2, 0) is 24.3 Å². The second-order valence-corrected chi connectivity index (χ2v) is 6.24. The number of halogens is 1. The predicted molar refractivity (Wildman–Crippen MR) is 93.2 cm³/mol. The molecule has 0 aliphatic carbocycles. The number of nitrogens with zero attached hydrogens (tertiary/aromatic N) is 3. The average Bonchev–Trinajstić information content (AvgIpc) is 3.04. The van der Waals surface area contributed by atoms with Crippen LogP contribution in [0, 0.1) is 5.82 Å². The molecule has 0 saturated carbocycles. The Morgan fingerprint density at radius 2 is 1.76 bits per heavy atom. The SMILES string of the molecule is O=C1Cn2nc(-c3ccc(F)cc3)cc2CN1CCc1ccccc1. The molecule has 4 nitrogen and oxygen atoms in total. The zero-order chi connectivity index (χ0) is 17.2. The highest BCUT2D eigenvalue weighted by Crippen LogP contribution is 2.23. The normalized spacial score (nSPS) is 13.8. The van der Waals surface area contributed by atoms with Gasteiger partial charge in [0.2, 0.25) is 5.91 Å². The van der Waals surface area contributed by atoms with Gasteiger partial charge in [-0.1, -0.05) is 30.3 Å². The Morgan fingerprint density at radius 3 is 2.52 bits per heavy atom. The lowest BCUT2D eigenvalue weighted by molar-refractivity contribution is -0.134. The average molecular weight is 335 g/mol. The first kappa shape index (κ1) is 15.6. The third-order valence-corrected chi connectivity index (χ3v) is 4.51. The first-order valence-electron chi connectivity index (χ1n) is 8.33. The van der Waals surface area contributed by atoms with Crippen LogP contribution in [0.15, 0.2) is 60.7 Å². The highest BCUT2D eigenvalue weighted by molar-refractivity contribution is 5.77. The van der Waals surface area contributed by atoms with Crippen molar-refractivity contribution < 1.29 is 9.18 Å². The summed E-state index contributed by atoms with van der Waals surface area (Å²) in [6.45, 7) is 1.51. The second kappa shape index (κ2) is 6.51. The van der Waals surface area contributed by atoms with Gasteiger partial charge in [0, 0.05) is 12.1 Å². The molecule has 1 aliphatic rings. The lowest BCUT2D eigenvalue weighted by atomic mass is 10.1. The number of hydrogen-bond donors (Lipinski definition) is 0. The van der Waals surface area contributed by atoms with E-state index in [9.17, 15) is 9.18 Å². The van der Waals surface area contributed by atoms with Crippen LogP contribution < -0.4 is 0 Å². The maximum absolute atomic E-state index is 13.1. The van der Waals surface area contributed by atoms with Crippen LogP contribution in [0.25, 0.3) is 11.3 Å². The van der Waals surface area contributed by atoms with E-state index in [2.05, 4.69) is 17.2 Å². The van der Waals surface area contributed by atoms with Crippen molar-refractivity contribution >= 4 is 5.91 Å². The van der Waals surface area contributed by atoms with Gasteiger partial charge in [0.05, 0.1) is 17.9 Å². The first-order valence-corrected chi connectivity index (χ1v) is 8.33. The van der Waals surface area contributed by atoms with Gasteiger partial charge in [0.25, 0.3) is 0 Å². The third kappa shape index (κ3) is 3.31. The molecule has 0 N–H and O–H groups in total. The quantitative estimate of drug-likeness (QED) is 0.734. The lowest BCUT2D eigenvalue weighted by Gasteiger charge is -2.27. The molecule has 0 atom stereocenters. The van der Waals surface area contributed by atoms with Crippen molar-refractivity contribution in [1.82, 2.24) is 14.7 Å². The largest absolute Gasteiger partial charge is 0.335 e. The molecule has 2 heterocycles. The van der Waals surface area contributed by atoms with E-state index in [-0.39, 0.29) is 18.3 Å². The van der Waals surface area contributed by atoms with Crippen molar-refractivity contribution in [1.29, 1.82) is 0 Å². The number of aromatic nitrogens is 2. The van der Waals surface area contributed by atoms with Gasteiger partial charge < -0.3 is 4.90 Å². The summed E-state index contributed by atoms with van der Waals surface area (Å²) in [5, 5.41) is 4.50.